The second-order valence-electron chi connectivity index (χ2n) is 13.2. The predicted octanol–water partition coefficient (Wildman–Crippen LogP) is -2.51. The number of benzene rings is 2. The third-order valence-electron chi connectivity index (χ3n) is 8.47. The number of carbonyl (C=O) groups excluding carboxylic acids is 1. The van der Waals surface area contributed by atoms with Gasteiger partial charge in [0.25, 0.3) is 0 Å². The number of fused-ring (bicyclic) bond motifs is 1. The van der Waals surface area contributed by atoms with Crippen molar-refractivity contribution < 1.29 is 85.8 Å². The summed E-state index contributed by atoms with van der Waals surface area (Å²) in [6, 6.07) is 9.93. The topological polar surface area (TPSA) is 319 Å². The molecule has 10 atom stereocenters. The van der Waals surface area contributed by atoms with Crippen LogP contribution in [0.25, 0.3) is 0 Å². The molecule has 0 amide bonds. The molecule has 296 valence electrons. The average molecular weight is 747 g/mol. The molecule has 2 aromatic rings. The van der Waals surface area contributed by atoms with Crippen molar-refractivity contribution in [1.29, 1.82) is 0 Å². The number of aryl methyl sites for hydroxylation is 2. The van der Waals surface area contributed by atoms with Crippen molar-refractivity contribution in [2.24, 2.45) is 0 Å². The lowest BCUT2D eigenvalue weighted by Gasteiger charge is -2.28. The number of hydrogen-bond acceptors (Lipinski definition) is 17. The highest BCUT2D eigenvalue weighted by Gasteiger charge is 2.37. The molecular weight excluding hydrogens is 692 g/mol. The third kappa shape index (κ3) is 13.4. The van der Waals surface area contributed by atoms with E-state index in [0.29, 0.717) is 43.6 Å². The summed E-state index contributed by atoms with van der Waals surface area (Å²) in [6.45, 7) is 1.97. The van der Waals surface area contributed by atoms with Gasteiger partial charge in [-0.2, -0.15) is 0 Å². The van der Waals surface area contributed by atoms with Crippen molar-refractivity contribution in [3.63, 3.8) is 0 Å². The largest absolute Gasteiger partial charge is 0.504 e. The van der Waals surface area contributed by atoms with E-state index in [-0.39, 0.29) is 24.3 Å². The summed E-state index contributed by atoms with van der Waals surface area (Å²) < 4.78 is 11.3. The molecule has 0 fully saturated rings. The highest BCUT2D eigenvalue weighted by molar-refractivity contribution is 5.83. The lowest BCUT2D eigenvalue weighted by molar-refractivity contribution is -0.155. The molecule has 17 nitrogen and oxygen atoms in total. The molecule has 0 bridgehead atoms. The maximum Gasteiger partial charge on any atom is 0.246 e. The van der Waals surface area contributed by atoms with Gasteiger partial charge in [-0.1, -0.05) is 18.6 Å². The lowest BCUT2D eigenvalue weighted by Crippen LogP contribution is -2.51. The second-order valence-corrected chi connectivity index (χ2v) is 13.2. The predicted molar refractivity (Wildman–Crippen MR) is 181 cm³/mol. The molecule has 3 rings (SSSR count). The first-order chi connectivity index (χ1) is 24.3. The van der Waals surface area contributed by atoms with E-state index in [1.807, 2.05) is 12.1 Å². The minimum Gasteiger partial charge on any atom is -0.504 e. The van der Waals surface area contributed by atoms with E-state index in [2.05, 4.69) is 0 Å². The van der Waals surface area contributed by atoms with E-state index in [9.17, 15) is 66.1 Å². The number of carbonyl (C=O) groups is 1. The van der Waals surface area contributed by atoms with Crippen molar-refractivity contribution >= 4 is 5.78 Å². The monoisotopic (exact) mass is 746 g/mol. The zero-order chi connectivity index (χ0) is 39.3. The number of ketones is 1. The van der Waals surface area contributed by atoms with Gasteiger partial charge in [-0.25, -0.2) is 0 Å². The van der Waals surface area contributed by atoms with Crippen LogP contribution in [0.2, 0.25) is 0 Å². The highest BCUT2D eigenvalue weighted by Crippen LogP contribution is 2.39. The number of aliphatic hydroxyl groups excluding tert-OH is 12. The van der Waals surface area contributed by atoms with Gasteiger partial charge in [0.2, 0.25) is 5.79 Å². The zero-order valence-electron chi connectivity index (χ0n) is 29.1. The Labute approximate surface area is 300 Å². The zero-order valence-corrected chi connectivity index (χ0v) is 29.1. The summed E-state index contributed by atoms with van der Waals surface area (Å²) in [4.78, 5) is 12.1. The van der Waals surface area contributed by atoms with Gasteiger partial charge < -0.3 is 81.0 Å². The lowest BCUT2D eigenvalue weighted by atomic mass is 9.95. The normalized spacial score (nSPS) is 19.2. The quantitative estimate of drug-likeness (QED) is 0.0491. The molecule has 1 aliphatic rings. The Kier molecular flexibility index (Phi) is 18.1. The SMILES string of the molecule is CC1(C)Oc2ccc(CCCC(=O)C(O)C(O)C(O)C(O)C(O)CO)cc2O1.OCC(O)C(O)C(O)C(O)C(O)CCCCc1ccc(O)c(O)c1. The summed E-state index contributed by atoms with van der Waals surface area (Å²) in [6.07, 6.45) is -14.9. The van der Waals surface area contributed by atoms with E-state index < -0.39 is 85.8 Å². The molecule has 0 spiro atoms. The van der Waals surface area contributed by atoms with E-state index >= 15 is 0 Å². The van der Waals surface area contributed by atoms with Crippen molar-refractivity contribution in [1.82, 2.24) is 0 Å². The fraction of sp³-hybridized carbons (Fsp3) is 0.629. The molecule has 0 aliphatic carbocycles. The molecule has 0 saturated carbocycles. The van der Waals surface area contributed by atoms with Gasteiger partial charge in [-0.3, -0.25) is 4.79 Å². The molecule has 10 unspecified atom stereocenters. The van der Waals surface area contributed by atoms with Crippen molar-refractivity contribution in [2.45, 2.75) is 126 Å². The Hall–Kier alpha value is -3.17. The van der Waals surface area contributed by atoms with Crippen LogP contribution in [0, 0.1) is 0 Å². The van der Waals surface area contributed by atoms with Crippen LogP contribution in [0.4, 0.5) is 0 Å². The molecule has 1 heterocycles. The molecule has 1 aliphatic heterocycles. The summed E-state index contributed by atoms with van der Waals surface area (Å²) in [7, 11) is 0. The smallest absolute Gasteiger partial charge is 0.246 e. The van der Waals surface area contributed by atoms with E-state index in [4.69, 9.17) is 19.7 Å². The molecule has 0 aromatic heterocycles. The highest BCUT2D eigenvalue weighted by atomic mass is 16.7. The number of aromatic hydroxyl groups is 2. The maximum absolute atomic E-state index is 12.1. The molecule has 17 heteroatoms. The van der Waals surface area contributed by atoms with Gasteiger partial charge in [0.05, 0.1) is 19.3 Å². The fourth-order valence-electron chi connectivity index (χ4n) is 5.30. The molecule has 0 saturated heterocycles. The Morgan fingerprint density at radius 3 is 1.67 bits per heavy atom. The minimum atomic E-state index is -1.99. The average Bonchev–Trinajstić information content (AvgIpc) is 3.44. The van der Waals surface area contributed by atoms with E-state index in [1.54, 1.807) is 26.0 Å². The van der Waals surface area contributed by atoms with Crippen molar-refractivity contribution in [3.05, 3.63) is 47.5 Å². The van der Waals surface area contributed by atoms with Crippen LogP contribution in [-0.2, 0) is 17.6 Å². The minimum absolute atomic E-state index is 0.0659. The fourth-order valence-corrected chi connectivity index (χ4v) is 5.30. The van der Waals surface area contributed by atoms with Crippen molar-refractivity contribution in [3.8, 4) is 23.0 Å². The molecular formula is C35H54O17. The standard InChI is InChI=1S/C19H28O9.C16H26O8/c1-19(2)27-13-7-6-10(8-14(13)28-19)4-3-5-11(21)15(23)17(25)18(26)16(24)12(22)9-20;17-8-13(21)15(23)16(24)14(22)11(19)4-2-1-3-9-5-6-10(18)12(20)7-9/h6-8,12,15-18,20,22-26H,3-5,9H2,1-2H3;5-7,11,13-24H,1-4,8H2. The van der Waals surface area contributed by atoms with E-state index in [1.165, 1.54) is 12.1 Å². The number of aliphatic hydroxyl groups is 12. The van der Waals surface area contributed by atoms with Gasteiger partial charge in [-0.05, 0) is 67.5 Å². The number of rotatable bonds is 20. The summed E-state index contributed by atoms with van der Waals surface area (Å²) in [5, 5.41) is 132. The van der Waals surface area contributed by atoms with Crippen LogP contribution in [0.1, 0.15) is 57.1 Å². The Bertz CT molecular complexity index is 1370. The van der Waals surface area contributed by atoms with Crippen LogP contribution >= 0.6 is 0 Å². The molecule has 14 N–H and O–H groups in total. The van der Waals surface area contributed by atoms with Crippen LogP contribution in [-0.4, -0.2) is 157 Å². The maximum atomic E-state index is 12.1. The molecule has 2 aromatic carbocycles. The van der Waals surface area contributed by atoms with Crippen LogP contribution in [0.15, 0.2) is 36.4 Å². The van der Waals surface area contributed by atoms with E-state index in [0.717, 1.165) is 11.1 Å². The number of Topliss-reactive ketones (excluding diaryl/α,β-unsaturated/α-hetero) is 1. The van der Waals surface area contributed by atoms with Crippen LogP contribution in [0.3, 0.4) is 0 Å². The molecule has 52 heavy (non-hydrogen) atoms. The summed E-state index contributed by atoms with van der Waals surface area (Å²) >= 11 is 0. The number of ether oxygens (including phenoxy) is 2. The van der Waals surface area contributed by atoms with Crippen LogP contribution < -0.4 is 9.47 Å². The first kappa shape index (κ1) is 45.0. The Morgan fingerprint density at radius 2 is 1.10 bits per heavy atom. The van der Waals surface area contributed by atoms with Gasteiger partial charge in [0.15, 0.2) is 28.8 Å². The molecule has 0 radical (unpaired) electrons. The van der Waals surface area contributed by atoms with Gasteiger partial charge >= 0.3 is 0 Å². The van der Waals surface area contributed by atoms with Gasteiger partial charge in [0, 0.05) is 20.3 Å². The van der Waals surface area contributed by atoms with Crippen molar-refractivity contribution in [2.75, 3.05) is 13.2 Å². The summed E-state index contributed by atoms with van der Waals surface area (Å²) in [5.41, 5.74) is 1.71. The Balaban J connectivity index is 0.000000365. The summed E-state index contributed by atoms with van der Waals surface area (Å²) in [5.74, 6) is -0.590. The first-order valence-electron chi connectivity index (χ1n) is 16.9. The first-order valence-corrected chi connectivity index (χ1v) is 16.9. The number of hydrogen-bond donors (Lipinski definition) is 14. The van der Waals surface area contributed by atoms with Crippen LogP contribution in [0.5, 0.6) is 23.0 Å². The van der Waals surface area contributed by atoms with Gasteiger partial charge in [-0.15, -0.1) is 0 Å². The Morgan fingerprint density at radius 1 is 0.596 bits per heavy atom. The number of unbranched alkanes of at least 4 members (excludes halogenated alkanes) is 1. The number of phenolic OH excluding ortho intramolecular Hbond substituents is 2. The number of phenols is 2. The third-order valence-corrected chi connectivity index (χ3v) is 8.47. The second kappa shape index (κ2) is 20.9. The van der Waals surface area contributed by atoms with Gasteiger partial charge in [0.1, 0.15) is 54.9 Å².